The molecule has 0 saturated heterocycles. The molecule has 1 aromatic rings. The van der Waals surface area contributed by atoms with Gasteiger partial charge in [-0.1, -0.05) is 18.6 Å². The monoisotopic (exact) mass is 365 g/mol. The Morgan fingerprint density at radius 3 is 2.68 bits per heavy atom. The maximum atomic E-state index is 12.6. The molecule has 2 rings (SSSR count). The molecule has 0 radical (unpaired) electrons. The van der Waals surface area contributed by atoms with Crippen LogP contribution in [0.5, 0.6) is 0 Å². The minimum atomic E-state index is -0.885. The average molecular weight is 365 g/mol. The summed E-state index contributed by atoms with van der Waals surface area (Å²) in [5.74, 6) is -1.02. The summed E-state index contributed by atoms with van der Waals surface area (Å²) in [6.45, 7) is 5.71. The Morgan fingerprint density at radius 1 is 1.36 bits per heavy atom. The lowest BCUT2D eigenvalue weighted by Crippen LogP contribution is -2.43. The molecular weight excluding hydrogens is 338 g/mol. The molecule has 2 N–H and O–H groups in total. The van der Waals surface area contributed by atoms with Crippen molar-refractivity contribution in [2.75, 3.05) is 19.8 Å². The van der Waals surface area contributed by atoms with Gasteiger partial charge in [-0.25, -0.2) is 0 Å². The van der Waals surface area contributed by atoms with Gasteiger partial charge in [0, 0.05) is 24.7 Å². The summed E-state index contributed by atoms with van der Waals surface area (Å²) in [6, 6.07) is 7.18. The number of hydrogen-bond donors (Lipinski definition) is 2. The van der Waals surface area contributed by atoms with Crippen LogP contribution < -0.4 is 5.32 Å². The highest BCUT2D eigenvalue weighted by Crippen LogP contribution is 2.43. The SMILES string of the molecule is CCOCCC1(CNC(=O)c2ccccc2SC(C)C(=O)O)CCC1. The fourth-order valence-corrected chi connectivity index (χ4v) is 3.91. The minimum Gasteiger partial charge on any atom is -0.480 e. The lowest BCUT2D eigenvalue weighted by molar-refractivity contribution is -0.136. The molecule has 6 heteroatoms. The second-order valence-corrected chi connectivity index (χ2v) is 7.96. The van der Waals surface area contributed by atoms with E-state index in [0.717, 1.165) is 32.5 Å². The van der Waals surface area contributed by atoms with E-state index in [0.29, 0.717) is 17.0 Å². The molecule has 1 aromatic carbocycles. The van der Waals surface area contributed by atoms with Crippen molar-refractivity contribution in [2.24, 2.45) is 5.41 Å². The molecule has 0 spiro atoms. The predicted molar refractivity (Wildman–Crippen MR) is 99.1 cm³/mol. The van der Waals surface area contributed by atoms with Crippen LogP contribution >= 0.6 is 11.8 Å². The molecule has 1 unspecified atom stereocenters. The summed E-state index contributed by atoms with van der Waals surface area (Å²) < 4.78 is 5.47. The number of carboxylic acids is 1. The molecule has 138 valence electrons. The summed E-state index contributed by atoms with van der Waals surface area (Å²) in [4.78, 5) is 24.4. The number of amides is 1. The molecule has 0 bridgehead atoms. The van der Waals surface area contributed by atoms with Gasteiger partial charge in [-0.05, 0) is 50.7 Å². The van der Waals surface area contributed by atoms with Gasteiger partial charge < -0.3 is 15.2 Å². The smallest absolute Gasteiger partial charge is 0.316 e. The van der Waals surface area contributed by atoms with Crippen molar-refractivity contribution in [3.05, 3.63) is 29.8 Å². The van der Waals surface area contributed by atoms with Crippen LogP contribution in [0.1, 0.15) is 49.9 Å². The zero-order valence-corrected chi connectivity index (χ0v) is 15.7. The highest BCUT2D eigenvalue weighted by Gasteiger charge is 2.36. The van der Waals surface area contributed by atoms with E-state index in [1.165, 1.54) is 18.2 Å². The molecular formula is C19H27NO4S. The zero-order chi connectivity index (χ0) is 18.3. The van der Waals surface area contributed by atoms with Crippen molar-refractivity contribution in [3.8, 4) is 0 Å². The summed E-state index contributed by atoms with van der Waals surface area (Å²) in [6.07, 6.45) is 4.40. The van der Waals surface area contributed by atoms with Crippen LogP contribution in [0.25, 0.3) is 0 Å². The fourth-order valence-electron chi connectivity index (χ4n) is 2.99. The first-order valence-corrected chi connectivity index (χ1v) is 9.70. The third-order valence-corrected chi connectivity index (χ3v) is 5.97. The van der Waals surface area contributed by atoms with Crippen molar-refractivity contribution in [3.63, 3.8) is 0 Å². The summed E-state index contributed by atoms with van der Waals surface area (Å²) in [7, 11) is 0. The van der Waals surface area contributed by atoms with Crippen LogP contribution in [0.2, 0.25) is 0 Å². The third-order valence-electron chi connectivity index (χ3n) is 4.80. The topological polar surface area (TPSA) is 75.6 Å². The fraction of sp³-hybridized carbons (Fsp3) is 0.579. The molecule has 1 aliphatic rings. The van der Waals surface area contributed by atoms with E-state index < -0.39 is 11.2 Å². The largest absolute Gasteiger partial charge is 0.480 e. The first-order valence-electron chi connectivity index (χ1n) is 8.82. The quantitative estimate of drug-likeness (QED) is 0.490. The Kier molecular flexibility index (Phi) is 7.32. The van der Waals surface area contributed by atoms with Crippen molar-refractivity contribution >= 4 is 23.6 Å². The predicted octanol–water partition coefficient (Wildman–Crippen LogP) is 3.58. The molecule has 1 fully saturated rings. The Morgan fingerprint density at radius 2 is 2.08 bits per heavy atom. The maximum Gasteiger partial charge on any atom is 0.316 e. The second kappa shape index (κ2) is 9.25. The molecule has 5 nitrogen and oxygen atoms in total. The van der Waals surface area contributed by atoms with E-state index in [-0.39, 0.29) is 11.3 Å². The van der Waals surface area contributed by atoms with Crippen LogP contribution in [-0.2, 0) is 9.53 Å². The zero-order valence-electron chi connectivity index (χ0n) is 14.9. The normalized spacial score (nSPS) is 16.7. The van der Waals surface area contributed by atoms with Gasteiger partial charge in [0.05, 0.1) is 5.56 Å². The van der Waals surface area contributed by atoms with Crippen molar-refractivity contribution in [1.29, 1.82) is 0 Å². The van der Waals surface area contributed by atoms with E-state index in [2.05, 4.69) is 5.32 Å². The van der Waals surface area contributed by atoms with Crippen LogP contribution in [0.4, 0.5) is 0 Å². The van der Waals surface area contributed by atoms with Gasteiger partial charge in [0.1, 0.15) is 5.25 Å². The van der Waals surface area contributed by atoms with Crippen LogP contribution in [0.15, 0.2) is 29.2 Å². The Bertz CT molecular complexity index is 601. The van der Waals surface area contributed by atoms with E-state index >= 15 is 0 Å². The summed E-state index contributed by atoms with van der Waals surface area (Å²) in [5, 5.41) is 11.5. The lowest BCUT2D eigenvalue weighted by Gasteiger charge is -2.42. The molecule has 1 aliphatic carbocycles. The second-order valence-electron chi connectivity index (χ2n) is 6.58. The summed E-state index contributed by atoms with van der Waals surface area (Å²) >= 11 is 1.20. The van der Waals surface area contributed by atoms with E-state index in [9.17, 15) is 9.59 Å². The lowest BCUT2D eigenvalue weighted by atomic mass is 9.66. The molecule has 0 aromatic heterocycles. The van der Waals surface area contributed by atoms with Crippen molar-refractivity contribution < 1.29 is 19.4 Å². The maximum absolute atomic E-state index is 12.6. The highest BCUT2D eigenvalue weighted by atomic mass is 32.2. The van der Waals surface area contributed by atoms with Gasteiger partial charge >= 0.3 is 5.97 Å². The molecule has 0 aliphatic heterocycles. The van der Waals surface area contributed by atoms with Gasteiger partial charge in [-0.2, -0.15) is 0 Å². The number of hydrogen-bond acceptors (Lipinski definition) is 4. The van der Waals surface area contributed by atoms with Gasteiger partial charge in [0.2, 0.25) is 0 Å². The standard InChI is InChI=1S/C19H27NO4S/c1-3-24-12-11-19(9-6-10-19)13-20-17(21)15-7-4-5-8-16(15)25-14(2)18(22)23/h4-5,7-8,14H,3,6,9-13H2,1-2H3,(H,20,21)(H,22,23). The van der Waals surface area contributed by atoms with Gasteiger partial charge in [0.15, 0.2) is 0 Å². The first-order chi connectivity index (χ1) is 12.0. The number of carbonyl (C=O) groups is 2. The highest BCUT2D eigenvalue weighted by molar-refractivity contribution is 8.00. The van der Waals surface area contributed by atoms with Gasteiger partial charge in [-0.3, -0.25) is 9.59 Å². The van der Waals surface area contributed by atoms with E-state index in [4.69, 9.17) is 9.84 Å². The molecule has 1 amide bonds. The number of nitrogens with one attached hydrogen (secondary N) is 1. The summed E-state index contributed by atoms with van der Waals surface area (Å²) in [5.41, 5.74) is 0.696. The van der Waals surface area contributed by atoms with E-state index in [1.54, 1.807) is 25.1 Å². The number of carbonyl (C=O) groups excluding carboxylic acids is 1. The average Bonchev–Trinajstić information content (AvgIpc) is 2.56. The molecule has 1 atom stereocenters. The first kappa shape index (κ1) is 19.8. The number of thioether (sulfide) groups is 1. The Hall–Kier alpha value is -1.53. The number of carboxylic acid groups (broad SMARTS) is 1. The van der Waals surface area contributed by atoms with Crippen LogP contribution in [0.3, 0.4) is 0 Å². The number of benzene rings is 1. The van der Waals surface area contributed by atoms with Gasteiger partial charge in [-0.15, -0.1) is 11.8 Å². The Labute approximate surface area is 153 Å². The molecule has 1 saturated carbocycles. The molecule has 0 heterocycles. The van der Waals surface area contributed by atoms with Crippen molar-refractivity contribution in [1.82, 2.24) is 5.32 Å². The number of rotatable bonds is 10. The molecule has 25 heavy (non-hydrogen) atoms. The van der Waals surface area contributed by atoms with E-state index in [1.807, 2.05) is 13.0 Å². The van der Waals surface area contributed by atoms with Crippen LogP contribution in [0, 0.1) is 5.41 Å². The number of ether oxygens (including phenoxy) is 1. The van der Waals surface area contributed by atoms with Crippen LogP contribution in [-0.4, -0.2) is 42.0 Å². The van der Waals surface area contributed by atoms with Crippen molar-refractivity contribution in [2.45, 2.75) is 49.7 Å². The Balaban J connectivity index is 1.97. The number of aliphatic carboxylic acids is 1. The third kappa shape index (κ3) is 5.47. The van der Waals surface area contributed by atoms with Gasteiger partial charge in [0.25, 0.3) is 5.91 Å². The minimum absolute atomic E-state index is 0.136.